The first-order valence-corrected chi connectivity index (χ1v) is 8.00. The van der Waals surface area contributed by atoms with E-state index in [0.717, 1.165) is 31.4 Å². The van der Waals surface area contributed by atoms with E-state index in [1.807, 2.05) is 0 Å². The summed E-state index contributed by atoms with van der Waals surface area (Å²) in [5, 5.41) is 14.5. The smallest absolute Gasteiger partial charge is 0.335 e. The van der Waals surface area contributed by atoms with Crippen molar-refractivity contribution in [3.8, 4) is 0 Å². The van der Waals surface area contributed by atoms with Gasteiger partial charge in [-0.3, -0.25) is 0 Å². The predicted molar refractivity (Wildman–Crippen MR) is 86.4 cm³/mol. The van der Waals surface area contributed by atoms with Crippen LogP contribution in [0.15, 0.2) is 24.3 Å². The number of hydrogen-bond donors (Lipinski definition) is 3. The minimum absolute atomic E-state index is 0.201. The number of hydrogen-bond acceptors (Lipinski definition) is 3. The maximum atomic E-state index is 11.8. The van der Waals surface area contributed by atoms with Crippen molar-refractivity contribution in [3.05, 3.63) is 35.4 Å². The Bertz CT molecular complexity index is 530. The summed E-state index contributed by atoms with van der Waals surface area (Å²) in [5.74, 6) is -0.340. The molecule has 0 aromatic heterocycles. The maximum absolute atomic E-state index is 11.8. The molecule has 2 amide bonds. The summed E-state index contributed by atoms with van der Waals surface area (Å²) in [6.07, 6.45) is 3.40. The number of carbonyl (C=O) groups excluding carboxylic acids is 1. The van der Waals surface area contributed by atoms with Gasteiger partial charge in [-0.15, -0.1) is 0 Å². The van der Waals surface area contributed by atoms with Gasteiger partial charge < -0.3 is 20.5 Å². The van der Waals surface area contributed by atoms with Crippen LogP contribution in [-0.4, -0.2) is 36.4 Å². The molecule has 6 nitrogen and oxygen atoms in total. The van der Waals surface area contributed by atoms with E-state index in [4.69, 9.17) is 9.84 Å². The average molecular weight is 320 g/mol. The third-order valence-corrected chi connectivity index (χ3v) is 4.09. The number of ether oxygens (including phenoxy) is 1. The molecule has 0 aliphatic carbocycles. The molecule has 1 fully saturated rings. The molecular weight excluding hydrogens is 296 g/mol. The zero-order chi connectivity index (χ0) is 16.7. The maximum Gasteiger partial charge on any atom is 0.335 e. The number of nitrogens with one attached hydrogen (secondary N) is 2. The highest BCUT2D eigenvalue weighted by atomic mass is 16.5. The topological polar surface area (TPSA) is 87.7 Å². The first-order valence-electron chi connectivity index (χ1n) is 8.00. The number of urea groups is 1. The summed E-state index contributed by atoms with van der Waals surface area (Å²) in [6, 6.07) is 6.26. The lowest BCUT2D eigenvalue weighted by atomic mass is 9.93. The van der Waals surface area contributed by atoms with Crippen LogP contribution in [0.2, 0.25) is 0 Å². The van der Waals surface area contributed by atoms with Crippen molar-refractivity contribution in [3.63, 3.8) is 0 Å². The number of amides is 2. The third kappa shape index (κ3) is 5.90. The molecule has 126 valence electrons. The minimum atomic E-state index is -0.954. The van der Waals surface area contributed by atoms with Crippen molar-refractivity contribution >= 4 is 12.0 Å². The number of carboxylic acids is 1. The fourth-order valence-corrected chi connectivity index (χ4v) is 2.75. The molecule has 6 heteroatoms. The molecule has 2 rings (SSSR count). The molecule has 1 heterocycles. The van der Waals surface area contributed by atoms with Crippen LogP contribution in [0.1, 0.15) is 42.1 Å². The van der Waals surface area contributed by atoms with Gasteiger partial charge in [-0.05, 0) is 49.8 Å². The Hall–Kier alpha value is -2.08. The highest BCUT2D eigenvalue weighted by Gasteiger charge is 2.18. The van der Waals surface area contributed by atoms with Crippen LogP contribution < -0.4 is 10.6 Å². The van der Waals surface area contributed by atoms with Crippen LogP contribution in [0.25, 0.3) is 0 Å². The molecular formula is C17H24N2O4. The van der Waals surface area contributed by atoms with Crippen LogP contribution in [-0.2, 0) is 11.3 Å². The van der Waals surface area contributed by atoms with Crippen LogP contribution in [0.5, 0.6) is 0 Å². The third-order valence-electron chi connectivity index (χ3n) is 4.09. The van der Waals surface area contributed by atoms with Gasteiger partial charge in [0.2, 0.25) is 0 Å². The Morgan fingerprint density at radius 1 is 1.26 bits per heavy atom. The van der Waals surface area contributed by atoms with Crippen LogP contribution in [0, 0.1) is 5.92 Å². The Kier molecular flexibility index (Phi) is 6.40. The fraction of sp³-hybridized carbons (Fsp3) is 0.529. The van der Waals surface area contributed by atoms with Gasteiger partial charge in [0.15, 0.2) is 0 Å². The van der Waals surface area contributed by atoms with Gasteiger partial charge in [0.1, 0.15) is 0 Å². The molecule has 2 atom stereocenters. The van der Waals surface area contributed by atoms with Crippen molar-refractivity contribution < 1.29 is 19.4 Å². The molecule has 1 aromatic carbocycles. The van der Waals surface area contributed by atoms with Crippen molar-refractivity contribution in [2.24, 2.45) is 5.92 Å². The van der Waals surface area contributed by atoms with E-state index in [1.165, 1.54) is 12.1 Å². The fourth-order valence-electron chi connectivity index (χ4n) is 2.75. The number of aromatic carboxylic acids is 1. The highest BCUT2D eigenvalue weighted by molar-refractivity contribution is 5.87. The van der Waals surface area contributed by atoms with E-state index < -0.39 is 5.97 Å². The molecule has 1 aliphatic heterocycles. The Labute approximate surface area is 136 Å². The number of benzene rings is 1. The first-order chi connectivity index (χ1) is 11.0. The highest BCUT2D eigenvalue weighted by Crippen LogP contribution is 2.22. The lowest BCUT2D eigenvalue weighted by molar-refractivity contribution is 0.00116. The van der Waals surface area contributed by atoms with E-state index in [0.29, 0.717) is 25.1 Å². The van der Waals surface area contributed by atoms with Crippen molar-refractivity contribution in [1.29, 1.82) is 0 Å². The SMILES string of the molecule is CC1CC(CCNC(=O)NCc2ccc(C(=O)O)cc2)CCO1. The molecule has 0 radical (unpaired) electrons. The molecule has 1 aromatic rings. The van der Waals surface area contributed by atoms with Gasteiger partial charge in [-0.25, -0.2) is 9.59 Å². The Morgan fingerprint density at radius 3 is 2.65 bits per heavy atom. The zero-order valence-electron chi connectivity index (χ0n) is 13.4. The van der Waals surface area contributed by atoms with E-state index in [2.05, 4.69) is 17.6 Å². The second-order valence-corrected chi connectivity index (χ2v) is 5.97. The molecule has 3 N–H and O–H groups in total. The average Bonchev–Trinajstić information content (AvgIpc) is 2.53. The van der Waals surface area contributed by atoms with Gasteiger partial charge in [0.25, 0.3) is 0 Å². The quantitative estimate of drug-likeness (QED) is 0.751. The van der Waals surface area contributed by atoms with E-state index in [1.54, 1.807) is 12.1 Å². The lowest BCUT2D eigenvalue weighted by Crippen LogP contribution is -2.36. The summed E-state index contributed by atoms with van der Waals surface area (Å²) in [4.78, 5) is 22.5. The normalized spacial score (nSPS) is 20.7. The Morgan fingerprint density at radius 2 is 2.00 bits per heavy atom. The predicted octanol–water partition coefficient (Wildman–Crippen LogP) is 2.39. The minimum Gasteiger partial charge on any atom is -0.478 e. The molecule has 0 saturated carbocycles. The van der Waals surface area contributed by atoms with E-state index in [9.17, 15) is 9.59 Å². The summed E-state index contributed by atoms with van der Waals surface area (Å²) >= 11 is 0. The summed E-state index contributed by atoms with van der Waals surface area (Å²) < 4.78 is 5.51. The van der Waals surface area contributed by atoms with Crippen molar-refractivity contribution in [2.75, 3.05) is 13.2 Å². The van der Waals surface area contributed by atoms with Gasteiger partial charge in [0.05, 0.1) is 11.7 Å². The standard InChI is InChI=1S/C17H24N2O4/c1-12-10-13(7-9-23-12)6-8-18-17(22)19-11-14-2-4-15(5-3-14)16(20)21/h2-5,12-13H,6-11H2,1H3,(H,20,21)(H2,18,19,22). The van der Waals surface area contributed by atoms with Crippen LogP contribution >= 0.6 is 0 Å². The molecule has 2 unspecified atom stereocenters. The molecule has 0 spiro atoms. The van der Waals surface area contributed by atoms with Gasteiger partial charge in [-0.1, -0.05) is 12.1 Å². The zero-order valence-corrected chi connectivity index (χ0v) is 13.4. The number of carboxylic acid groups (broad SMARTS) is 1. The molecule has 1 aliphatic rings. The summed E-state index contributed by atoms with van der Waals surface area (Å²) in [6.45, 7) is 3.92. The Balaban J connectivity index is 1.64. The number of carbonyl (C=O) groups is 2. The molecule has 1 saturated heterocycles. The summed E-state index contributed by atoms with van der Waals surface area (Å²) in [5.41, 5.74) is 1.10. The number of rotatable bonds is 6. The first kappa shape index (κ1) is 17.3. The second kappa shape index (κ2) is 8.53. The molecule has 23 heavy (non-hydrogen) atoms. The van der Waals surface area contributed by atoms with Gasteiger partial charge in [-0.2, -0.15) is 0 Å². The van der Waals surface area contributed by atoms with Crippen LogP contribution in [0.4, 0.5) is 4.79 Å². The second-order valence-electron chi connectivity index (χ2n) is 5.97. The van der Waals surface area contributed by atoms with Gasteiger partial charge in [0, 0.05) is 19.7 Å². The van der Waals surface area contributed by atoms with Crippen molar-refractivity contribution in [1.82, 2.24) is 10.6 Å². The summed E-state index contributed by atoms with van der Waals surface area (Å²) in [7, 11) is 0. The monoisotopic (exact) mass is 320 g/mol. The lowest BCUT2D eigenvalue weighted by Gasteiger charge is -2.27. The largest absolute Gasteiger partial charge is 0.478 e. The van der Waals surface area contributed by atoms with Gasteiger partial charge >= 0.3 is 12.0 Å². The van der Waals surface area contributed by atoms with E-state index in [-0.39, 0.29) is 11.6 Å². The van der Waals surface area contributed by atoms with Crippen LogP contribution in [0.3, 0.4) is 0 Å². The van der Waals surface area contributed by atoms with Crippen molar-refractivity contribution in [2.45, 2.75) is 38.8 Å². The van der Waals surface area contributed by atoms with E-state index >= 15 is 0 Å². The molecule has 0 bridgehead atoms.